The van der Waals surface area contributed by atoms with Gasteiger partial charge in [0.05, 0.1) is 0 Å². The molecule has 0 unspecified atom stereocenters. The van der Waals surface area contributed by atoms with Gasteiger partial charge >= 0.3 is 48.9 Å². The molecule has 1 aromatic rings. The smallest absolute Gasteiger partial charge is 0.872 e. The normalized spacial score (nSPS) is 9.19. The second-order valence-corrected chi connectivity index (χ2v) is 4.73. The van der Waals surface area contributed by atoms with Crippen LogP contribution in [0.1, 0.15) is 57.4 Å². The number of carbonyl (C=O) groups is 1. The number of hydrogen-bond acceptors (Lipinski definition) is 4. The summed E-state index contributed by atoms with van der Waals surface area (Å²) in [6.07, 6.45) is 7.76. The van der Waals surface area contributed by atoms with Crippen LogP contribution < -0.4 is 15.3 Å². The van der Waals surface area contributed by atoms with Gasteiger partial charge in [0.15, 0.2) is 0 Å². The molecule has 0 fully saturated rings. The predicted molar refractivity (Wildman–Crippen MR) is 78.7 cm³/mol. The maximum absolute atomic E-state index is 11.4. The van der Waals surface area contributed by atoms with E-state index < -0.39 is 6.16 Å². The van der Waals surface area contributed by atoms with E-state index in [1.807, 2.05) is 18.2 Å². The number of unbranched alkanes of at least 4 members (excludes halogenated alkanes) is 6. The van der Waals surface area contributed by atoms with E-state index in [2.05, 4.69) is 6.92 Å². The Hall–Kier alpha value is -0.139. The van der Waals surface area contributed by atoms with Gasteiger partial charge in [0.1, 0.15) is 0 Å². The molecule has 0 aromatic heterocycles. The van der Waals surface area contributed by atoms with Crippen molar-refractivity contribution in [3.05, 3.63) is 29.8 Å². The fourth-order valence-electron chi connectivity index (χ4n) is 1.98. The number of para-hydroxylation sites is 1. The molecular formula is C16H23BaO4-. The minimum Gasteiger partial charge on any atom is -0.872 e. The third-order valence-corrected chi connectivity index (χ3v) is 3.02. The Morgan fingerprint density at radius 3 is 1.95 bits per heavy atom. The van der Waals surface area contributed by atoms with E-state index in [9.17, 15) is 5.11 Å². The summed E-state index contributed by atoms with van der Waals surface area (Å²) in [4.78, 5) is 8.33. The van der Waals surface area contributed by atoms with E-state index >= 15 is 0 Å². The van der Waals surface area contributed by atoms with E-state index in [0.29, 0.717) is 0 Å². The molecule has 4 nitrogen and oxygen atoms in total. The summed E-state index contributed by atoms with van der Waals surface area (Å²) in [6, 6.07) is 7.39. The van der Waals surface area contributed by atoms with Gasteiger partial charge < -0.3 is 20.1 Å². The van der Waals surface area contributed by atoms with Crippen molar-refractivity contribution in [1.82, 2.24) is 0 Å². The van der Waals surface area contributed by atoms with E-state index in [-0.39, 0.29) is 54.6 Å². The maximum atomic E-state index is 11.4. The zero-order valence-corrected chi connectivity index (χ0v) is 17.2. The molecule has 1 rings (SSSR count). The summed E-state index contributed by atoms with van der Waals surface area (Å²) < 4.78 is 0. The second-order valence-electron chi connectivity index (χ2n) is 4.73. The number of rotatable bonds is 8. The van der Waals surface area contributed by atoms with Crippen molar-refractivity contribution in [3.8, 4) is 5.75 Å². The molecular weight excluding hydrogens is 394 g/mol. The predicted octanol–water partition coefficient (Wildman–Crippen LogP) is 1.23. The molecule has 0 N–H and O–H groups in total. The van der Waals surface area contributed by atoms with Crippen molar-refractivity contribution in [3.63, 3.8) is 0 Å². The van der Waals surface area contributed by atoms with Crippen molar-refractivity contribution in [2.45, 2.75) is 58.3 Å². The van der Waals surface area contributed by atoms with Crippen LogP contribution in [0.25, 0.3) is 0 Å². The Morgan fingerprint density at radius 2 is 1.43 bits per heavy atom. The fourth-order valence-corrected chi connectivity index (χ4v) is 1.98. The molecule has 21 heavy (non-hydrogen) atoms. The Morgan fingerprint density at radius 1 is 0.952 bits per heavy atom. The fraction of sp³-hybridized carbons (Fsp3) is 0.562. The molecule has 0 amide bonds. The molecule has 0 aliphatic carbocycles. The van der Waals surface area contributed by atoms with Crippen molar-refractivity contribution in [1.29, 1.82) is 0 Å². The minimum absolute atomic E-state index is 0. The quantitative estimate of drug-likeness (QED) is 0.471. The van der Waals surface area contributed by atoms with Gasteiger partial charge in [-0.25, -0.2) is 0 Å². The van der Waals surface area contributed by atoms with E-state index in [4.69, 9.17) is 15.0 Å². The first-order chi connectivity index (χ1) is 9.57. The molecule has 114 valence electrons. The van der Waals surface area contributed by atoms with Gasteiger partial charge in [-0.1, -0.05) is 75.3 Å². The first-order valence-electron chi connectivity index (χ1n) is 7.20. The van der Waals surface area contributed by atoms with Gasteiger partial charge in [-0.2, -0.15) is 0 Å². The zero-order chi connectivity index (χ0) is 15.2. The molecule has 1 aromatic carbocycles. The second kappa shape index (κ2) is 16.2. The van der Waals surface area contributed by atoms with Crippen LogP contribution in [0.15, 0.2) is 24.3 Å². The van der Waals surface area contributed by atoms with Crippen LogP contribution in [-0.2, 0) is 6.42 Å². The first kappa shape index (κ1) is 23.1. The minimum atomic E-state index is -2.33. The molecule has 0 radical (unpaired) electrons. The molecule has 0 heterocycles. The van der Waals surface area contributed by atoms with Gasteiger partial charge in [-0.15, -0.1) is 5.75 Å². The summed E-state index contributed by atoms with van der Waals surface area (Å²) in [7, 11) is 0. The molecule has 0 saturated heterocycles. The van der Waals surface area contributed by atoms with Crippen molar-refractivity contribution in [2.75, 3.05) is 0 Å². The summed E-state index contributed by atoms with van der Waals surface area (Å²) in [5.74, 6) is 0.202. The van der Waals surface area contributed by atoms with Crippen LogP contribution in [0.5, 0.6) is 5.75 Å². The van der Waals surface area contributed by atoms with Gasteiger partial charge in [0, 0.05) is 0 Å². The van der Waals surface area contributed by atoms with Gasteiger partial charge in [0.25, 0.3) is 0 Å². The van der Waals surface area contributed by atoms with Crippen molar-refractivity contribution < 1.29 is 20.1 Å². The van der Waals surface area contributed by atoms with Crippen LogP contribution in [0.4, 0.5) is 4.79 Å². The number of hydrogen-bond donors (Lipinski definition) is 0. The molecule has 0 aliphatic heterocycles. The SMILES string of the molecule is CCCCCCCCCc1ccccc1[O-].O=C([O-])[O-].[Ba+2]. The van der Waals surface area contributed by atoms with Crippen molar-refractivity contribution in [2.24, 2.45) is 0 Å². The third kappa shape index (κ3) is 16.1. The van der Waals surface area contributed by atoms with E-state index in [1.54, 1.807) is 6.07 Å². The van der Waals surface area contributed by atoms with Crippen LogP contribution >= 0.6 is 0 Å². The first-order valence-corrected chi connectivity index (χ1v) is 7.20. The Kier molecular flexibility index (Phi) is 17.9. The molecule has 0 aliphatic rings. The van der Waals surface area contributed by atoms with E-state index in [1.165, 1.54) is 38.5 Å². The molecule has 0 saturated carbocycles. The third-order valence-electron chi connectivity index (χ3n) is 3.02. The Labute approximate surface area is 167 Å². The molecule has 0 bridgehead atoms. The molecule has 0 spiro atoms. The number of carbonyl (C=O) groups excluding carboxylic acids is 1. The standard InChI is InChI=1S/C15H24O.CH2O3.Ba/c1-2-3-4-5-6-7-8-11-14-12-9-10-13-15(14)16;2-1(3)4;/h9-10,12-13,16H,2-8,11H2,1H3;(H2,2,3,4);/q;;+2/p-3. The van der Waals surface area contributed by atoms with Crippen LogP contribution in [0.2, 0.25) is 0 Å². The summed E-state index contributed by atoms with van der Waals surface area (Å²) >= 11 is 0. The zero-order valence-electron chi connectivity index (χ0n) is 12.8. The van der Waals surface area contributed by atoms with Crippen LogP contribution in [0.3, 0.4) is 0 Å². The number of benzene rings is 1. The Bertz CT molecular complexity index is 365. The van der Waals surface area contributed by atoms with Crippen molar-refractivity contribution >= 4 is 55.0 Å². The average molecular weight is 417 g/mol. The van der Waals surface area contributed by atoms with Crippen LogP contribution in [0, 0.1) is 0 Å². The topological polar surface area (TPSA) is 86.2 Å². The maximum Gasteiger partial charge on any atom is 2.00 e. The van der Waals surface area contributed by atoms with Gasteiger partial charge in [-0.3, -0.25) is 0 Å². The molecule has 0 atom stereocenters. The monoisotopic (exact) mass is 417 g/mol. The summed E-state index contributed by atoms with van der Waals surface area (Å²) in [5, 5.41) is 28.1. The summed E-state index contributed by atoms with van der Waals surface area (Å²) in [5.41, 5.74) is 0.982. The molecule has 5 heteroatoms. The average Bonchev–Trinajstić information content (AvgIpc) is 2.39. The Balaban J connectivity index is 0. The van der Waals surface area contributed by atoms with Crippen LogP contribution in [-0.4, -0.2) is 55.0 Å². The number of aryl methyl sites for hydroxylation is 1. The number of carboxylic acid groups (broad SMARTS) is 2. The largest absolute Gasteiger partial charge is 2.00 e. The summed E-state index contributed by atoms with van der Waals surface area (Å²) in [6.45, 7) is 2.24. The van der Waals surface area contributed by atoms with E-state index in [0.717, 1.165) is 18.4 Å². The van der Waals surface area contributed by atoms with Gasteiger partial charge in [-0.05, 0) is 19.0 Å². The van der Waals surface area contributed by atoms with Gasteiger partial charge in [0.2, 0.25) is 0 Å².